The van der Waals surface area contributed by atoms with Crippen LogP contribution in [0.15, 0.2) is 24.4 Å². The lowest BCUT2D eigenvalue weighted by Crippen LogP contribution is -2.42. The van der Waals surface area contributed by atoms with Gasteiger partial charge in [0.2, 0.25) is 0 Å². The van der Waals surface area contributed by atoms with Crippen LogP contribution in [0.3, 0.4) is 0 Å². The standard InChI is InChI=1S/C26H35FN2O4S/c1-33-19-6-7-23-21(14-19)26(22(27)15-28-23)24(30)8-5-17-9-10-29(16-18(17)13-25(31)32)11-12-34-20-3-2-4-20/h6-7,14-15,17-18,20,24,30H,2-5,8-13,16H2,1H3,(H,31,32)/t17?,18?,24-/m1/s1. The lowest BCUT2D eigenvalue weighted by Gasteiger charge is -2.39. The van der Waals surface area contributed by atoms with E-state index in [1.165, 1.54) is 19.3 Å². The smallest absolute Gasteiger partial charge is 0.303 e. The van der Waals surface area contributed by atoms with Gasteiger partial charge in [-0.2, -0.15) is 11.8 Å². The van der Waals surface area contributed by atoms with Gasteiger partial charge in [-0.05, 0) is 68.7 Å². The fourth-order valence-corrected chi connectivity index (χ4v) is 6.59. The molecule has 0 bridgehead atoms. The third-order valence-corrected chi connectivity index (χ3v) is 8.80. The maximum atomic E-state index is 14.7. The number of aromatic nitrogens is 1. The number of likely N-dealkylation sites (tertiary alicyclic amines) is 1. The number of methoxy groups -OCH3 is 1. The van der Waals surface area contributed by atoms with Crippen molar-refractivity contribution in [1.82, 2.24) is 9.88 Å². The molecule has 1 saturated heterocycles. The molecule has 2 aromatic rings. The molecular formula is C26H35FN2O4S. The lowest BCUT2D eigenvalue weighted by atomic mass is 9.79. The molecule has 3 atom stereocenters. The highest BCUT2D eigenvalue weighted by atomic mass is 32.2. The van der Waals surface area contributed by atoms with E-state index in [4.69, 9.17) is 4.74 Å². The van der Waals surface area contributed by atoms with Gasteiger partial charge in [-0.1, -0.05) is 6.42 Å². The zero-order valence-corrected chi connectivity index (χ0v) is 20.6. The van der Waals surface area contributed by atoms with E-state index in [0.717, 1.165) is 43.3 Å². The number of nitrogens with zero attached hydrogens (tertiary/aromatic N) is 2. The van der Waals surface area contributed by atoms with Crippen molar-refractivity contribution in [3.05, 3.63) is 35.8 Å². The predicted molar refractivity (Wildman–Crippen MR) is 133 cm³/mol. The average Bonchev–Trinajstić information content (AvgIpc) is 2.79. The number of aliphatic hydroxyl groups is 1. The number of aliphatic carboxylic acids is 1. The summed E-state index contributed by atoms with van der Waals surface area (Å²) in [6, 6.07) is 5.22. The first kappa shape index (κ1) is 25.2. The van der Waals surface area contributed by atoms with Gasteiger partial charge in [0.15, 0.2) is 0 Å². The number of hydrogen-bond acceptors (Lipinski definition) is 6. The van der Waals surface area contributed by atoms with Gasteiger partial charge >= 0.3 is 5.97 Å². The van der Waals surface area contributed by atoms with E-state index in [1.807, 2.05) is 11.8 Å². The van der Waals surface area contributed by atoms with Gasteiger partial charge in [-0.15, -0.1) is 0 Å². The first-order valence-electron chi connectivity index (χ1n) is 12.3. The van der Waals surface area contributed by atoms with Crippen LogP contribution in [0.2, 0.25) is 0 Å². The Kier molecular flexibility index (Phi) is 8.66. The summed E-state index contributed by atoms with van der Waals surface area (Å²) in [5.74, 6) is 0.621. The first-order valence-corrected chi connectivity index (χ1v) is 13.4. The number of carboxylic acids is 1. The van der Waals surface area contributed by atoms with E-state index >= 15 is 0 Å². The van der Waals surface area contributed by atoms with Crippen molar-refractivity contribution in [2.24, 2.45) is 11.8 Å². The fourth-order valence-electron chi connectivity index (χ4n) is 5.23. The SMILES string of the molecule is COc1ccc2ncc(F)c([C@H](O)CCC3CCN(CCSC4CCC4)CC3CC(=O)O)c2c1. The number of ether oxygens (including phenoxy) is 1. The Balaban J connectivity index is 1.38. The first-order chi connectivity index (χ1) is 16.4. The third-order valence-electron chi connectivity index (χ3n) is 7.44. The van der Waals surface area contributed by atoms with Crippen LogP contribution < -0.4 is 4.74 Å². The molecule has 8 heteroatoms. The van der Waals surface area contributed by atoms with Crippen molar-refractivity contribution in [2.75, 3.05) is 32.5 Å². The molecule has 2 N–H and O–H groups in total. The molecule has 0 spiro atoms. The van der Waals surface area contributed by atoms with Crippen molar-refractivity contribution < 1.29 is 24.1 Å². The largest absolute Gasteiger partial charge is 0.497 e. The molecular weight excluding hydrogens is 455 g/mol. The molecule has 2 unspecified atom stereocenters. The zero-order valence-electron chi connectivity index (χ0n) is 19.8. The molecule has 2 heterocycles. The number of thioether (sulfide) groups is 1. The molecule has 2 aliphatic rings. The summed E-state index contributed by atoms with van der Waals surface area (Å²) >= 11 is 2.05. The van der Waals surface area contributed by atoms with Crippen LogP contribution in [0.5, 0.6) is 5.75 Å². The van der Waals surface area contributed by atoms with Crippen LogP contribution in [0, 0.1) is 17.7 Å². The van der Waals surface area contributed by atoms with Gasteiger partial charge in [0.1, 0.15) is 11.6 Å². The topological polar surface area (TPSA) is 82.9 Å². The van der Waals surface area contributed by atoms with E-state index in [1.54, 1.807) is 25.3 Å². The molecule has 1 aliphatic carbocycles. The number of aliphatic hydroxyl groups excluding tert-OH is 1. The van der Waals surface area contributed by atoms with E-state index in [-0.39, 0.29) is 23.8 Å². The summed E-state index contributed by atoms with van der Waals surface area (Å²) in [5, 5.41) is 21.8. The van der Waals surface area contributed by atoms with Gasteiger partial charge < -0.3 is 19.8 Å². The number of fused-ring (bicyclic) bond motifs is 1. The molecule has 186 valence electrons. The number of rotatable bonds is 11. The summed E-state index contributed by atoms with van der Waals surface area (Å²) in [6.07, 6.45) is 6.27. The molecule has 34 heavy (non-hydrogen) atoms. The summed E-state index contributed by atoms with van der Waals surface area (Å²) in [4.78, 5) is 18.1. The Morgan fingerprint density at radius 2 is 2.15 bits per heavy atom. The number of piperidine rings is 1. The number of benzene rings is 1. The Hall–Kier alpha value is -1.90. The van der Waals surface area contributed by atoms with Gasteiger partial charge in [0.05, 0.1) is 24.9 Å². The van der Waals surface area contributed by atoms with Crippen molar-refractivity contribution in [1.29, 1.82) is 0 Å². The van der Waals surface area contributed by atoms with E-state index in [9.17, 15) is 19.4 Å². The third kappa shape index (κ3) is 6.20. The van der Waals surface area contributed by atoms with Crippen LogP contribution in [0.4, 0.5) is 4.39 Å². The van der Waals surface area contributed by atoms with Crippen molar-refractivity contribution in [2.45, 2.75) is 56.3 Å². The predicted octanol–water partition coefficient (Wildman–Crippen LogP) is 4.89. The zero-order chi connectivity index (χ0) is 24.1. The molecule has 1 aromatic carbocycles. The van der Waals surface area contributed by atoms with E-state index < -0.39 is 17.9 Å². The molecule has 1 aliphatic heterocycles. The Bertz CT molecular complexity index is 987. The second-order valence-electron chi connectivity index (χ2n) is 9.63. The monoisotopic (exact) mass is 490 g/mol. The quantitative estimate of drug-likeness (QED) is 0.464. The van der Waals surface area contributed by atoms with Gasteiger partial charge in [-0.25, -0.2) is 4.39 Å². The van der Waals surface area contributed by atoms with Gasteiger partial charge in [0.25, 0.3) is 0 Å². The molecule has 1 saturated carbocycles. The van der Waals surface area contributed by atoms with Crippen molar-refractivity contribution in [3.8, 4) is 5.75 Å². The molecule has 1 aromatic heterocycles. The molecule has 2 fully saturated rings. The average molecular weight is 491 g/mol. The Labute approximate surface area is 204 Å². The minimum absolute atomic E-state index is 0.0475. The Morgan fingerprint density at radius 3 is 2.85 bits per heavy atom. The molecule has 0 amide bonds. The highest BCUT2D eigenvalue weighted by molar-refractivity contribution is 7.99. The highest BCUT2D eigenvalue weighted by Gasteiger charge is 2.32. The number of pyridine rings is 1. The van der Waals surface area contributed by atoms with E-state index in [0.29, 0.717) is 29.5 Å². The highest BCUT2D eigenvalue weighted by Crippen LogP contribution is 2.36. The van der Waals surface area contributed by atoms with E-state index in [2.05, 4.69) is 9.88 Å². The number of carboxylic acid groups (broad SMARTS) is 1. The van der Waals surface area contributed by atoms with Crippen molar-refractivity contribution in [3.63, 3.8) is 0 Å². The van der Waals surface area contributed by atoms with Gasteiger partial charge in [-0.3, -0.25) is 9.78 Å². The minimum atomic E-state index is -0.986. The summed E-state index contributed by atoms with van der Waals surface area (Å²) in [5.41, 5.74) is 0.845. The van der Waals surface area contributed by atoms with Crippen LogP contribution in [-0.2, 0) is 4.79 Å². The minimum Gasteiger partial charge on any atom is -0.497 e. The van der Waals surface area contributed by atoms with Gasteiger partial charge in [0, 0.05) is 41.5 Å². The Morgan fingerprint density at radius 1 is 1.32 bits per heavy atom. The maximum Gasteiger partial charge on any atom is 0.303 e. The van der Waals surface area contributed by atoms with Crippen LogP contribution in [-0.4, -0.2) is 63.8 Å². The van der Waals surface area contributed by atoms with Crippen LogP contribution in [0.25, 0.3) is 10.9 Å². The normalized spacial score (nSPS) is 22.4. The molecule has 0 radical (unpaired) electrons. The van der Waals surface area contributed by atoms with Crippen LogP contribution >= 0.6 is 11.8 Å². The molecule has 4 rings (SSSR count). The second kappa shape index (κ2) is 11.7. The maximum absolute atomic E-state index is 14.7. The number of hydrogen-bond donors (Lipinski definition) is 2. The summed E-state index contributed by atoms with van der Waals surface area (Å²) < 4.78 is 20.0. The second-order valence-corrected chi connectivity index (χ2v) is 11.0. The molecule has 6 nitrogen and oxygen atoms in total. The van der Waals surface area contributed by atoms with Crippen molar-refractivity contribution >= 4 is 28.6 Å². The summed E-state index contributed by atoms with van der Waals surface area (Å²) in [7, 11) is 1.55. The number of carbonyl (C=O) groups is 1. The lowest BCUT2D eigenvalue weighted by molar-refractivity contribution is -0.139. The number of halogens is 1. The fraction of sp³-hybridized carbons (Fsp3) is 0.615. The van der Waals surface area contributed by atoms with Crippen LogP contribution in [0.1, 0.15) is 56.6 Å². The summed E-state index contributed by atoms with van der Waals surface area (Å²) in [6.45, 7) is 2.73.